The molecule has 1 aliphatic carbocycles. The molecule has 1 saturated heterocycles. The second-order valence-corrected chi connectivity index (χ2v) is 8.46. The Labute approximate surface area is 148 Å². The molecule has 1 heterocycles. The molecule has 0 spiro atoms. The van der Waals surface area contributed by atoms with Gasteiger partial charge in [0, 0.05) is 32.1 Å². The van der Waals surface area contributed by atoms with Crippen LogP contribution < -0.4 is 0 Å². The van der Waals surface area contributed by atoms with E-state index in [1.165, 1.54) is 0 Å². The van der Waals surface area contributed by atoms with Crippen molar-refractivity contribution in [2.24, 2.45) is 5.92 Å². The van der Waals surface area contributed by atoms with Crippen LogP contribution in [-0.4, -0.2) is 49.7 Å². The van der Waals surface area contributed by atoms with E-state index in [0.29, 0.717) is 6.07 Å². The van der Waals surface area contributed by atoms with Gasteiger partial charge in [-0.1, -0.05) is 11.6 Å². The molecule has 0 unspecified atom stereocenters. The van der Waals surface area contributed by atoms with Gasteiger partial charge in [0.25, 0.3) is 0 Å². The number of benzene rings is 1. The van der Waals surface area contributed by atoms with Crippen LogP contribution in [0.2, 0.25) is 5.02 Å². The summed E-state index contributed by atoms with van der Waals surface area (Å²) in [7, 11) is -4.17. The van der Waals surface area contributed by atoms with Gasteiger partial charge in [-0.3, -0.25) is 4.79 Å². The first-order valence-electron chi connectivity index (χ1n) is 7.76. The smallest absolute Gasteiger partial charge is 0.340 e. The highest BCUT2D eigenvalue weighted by molar-refractivity contribution is 7.89. The highest BCUT2D eigenvalue weighted by Crippen LogP contribution is 2.35. The third-order valence-corrected chi connectivity index (χ3v) is 6.73. The molecule has 1 aliphatic heterocycles. The number of piperazine rings is 1. The molecule has 5 nitrogen and oxygen atoms in total. The molecule has 0 radical (unpaired) electrons. The minimum Gasteiger partial charge on any atom is -0.340 e. The fourth-order valence-electron chi connectivity index (χ4n) is 2.75. The summed E-state index contributed by atoms with van der Waals surface area (Å²) in [6, 6.07) is 2.23. The van der Waals surface area contributed by atoms with Crippen molar-refractivity contribution in [3.8, 4) is 0 Å². The summed E-state index contributed by atoms with van der Waals surface area (Å²) in [5, 5.41) is -0.260. The van der Waals surface area contributed by atoms with Gasteiger partial charge in [0.05, 0.1) is 10.6 Å². The lowest BCUT2D eigenvalue weighted by molar-refractivity contribution is -0.137. The first-order valence-corrected chi connectivity index (χ1v) is 9.58. The number of sulfonamides is 1. The summed E-state index contributed by atoms with van der Waals surface area (Å²) in [5.41, 5.74) is -1.07. The molecule has 2 fully saturated rings. The highest BCUT2D eigenvalue weighted by Gasteiger charge is 2.38. The van der Waals surface area contributed by atoms with Crippen molar-refractivity contribution in [1.29, 1.82) is 0 Å². The number of halogens is 4. The first-order chi connectivity index (χ1) is 11.6. The minimum atomic E-state index is -4.66. The zero-order valence-corrected chi connectivity index (χ0v) is 14.7. The Morgan fingerprint density at radius 2 is 1.72 bits per heavy atom. The lowest BCUT2D eigenvalue weighted by Crippen LogP contribution is -2.50. The van der Waals surface area contributed by atoms with E-state index in [4.69, 9.17) is 11.6 Å². The second kappa shape index (κ2) is 6.44. The summed E-state index contributed by atoms with van der Waals surface area (Å²) in [6.45, 7) is 0.525. The number of amides is 1. The van der Waals surface area contributed by atoms with E-state index in [0.717, 1.165) is 29.3 Å². The molecule has 138 valence electrons. The van der Waals surface area contributed by atoms with Crippen LogP contribution in [0, 0.1) is 5.92 Å². The number of alkyl halides is 3. The third kappa shape index (κ3) is 3.78. The van der Waals surface area contributed by atoms with Crippen molar-refractivity contribution in [3.63, 3.8) is 0 Å². The van der Waals surface area contributed by atoms with E-state index in [-0.39, 0.29) is 43.0 Å². The minimum absolute atomic E-state index is 0.0224. The Morgan fingerprint density at radius 3 is 2.24 bits per heavy atom. The Bertz CT molecular complexity index is 786. The molecule has 1 saturated carbocycles. The molecular weight excluding hydrogens is 381 g/mol. The monoisotopic (exact) mass is 396 g/mol. The van der Waals surface area contributed by atoms with Gasteiger partial charge in [-0.25, -0.2) is 8.42 Å². The molecule has 1 aromatic rings. The lowest BCUT2D eigenvalue weighted by atomic mass is 10.2. The van der Waals surface area contributed by atoms with Crippen molar-refractivity contribution in [1.82, 2.24) is 9.21 Å². The van der Waals surface area contributed by atoms with Crippen LogP contribution in [0.25, 0.3) is 0 Å². The van der Waals surface area contributed by atoms with Crippen LogP contribution in [0.3, 0.4) is 0 Å². The van der Waals surface area contributed by atoms with E-state index in [1.807, 2.05) is 0 Å². The molecule has 0 N–H and O–H groups in total. The Balaban J connectivity index is 1.79. The molecule has 25 heavy (non-hydrogen) atoms. The van der Waals surface area contributed by atoms with Crippen LogP contribution in [0.1, 0.15) is 18.4 Å². The maximum atomic E-state index is 12.9. The van der Waals surface area contributed by atoms with Crippen LogP contribution in [0.5, 0.6) is 0 Å². The van der Waals surface area contributed by atoms with Gasteiger partial charge in [-0.2, -0.15) is 17.5 Å². The normalized spacial score (nSPS) is 19.9. The quantitative estimate of drug-likeness (QED) is 0.789. The number of rotatable bonds is 3. The average molecular weight is 397 g/mol. The van der Waals surface area contributed by atoms with Crippen molar-refractivity contribution in [2.45, 2.75) is 23.9 Å². The van der Waals surface area contributed by atoms with E-state index in [1.54, 1.807) is 4.90 Å². The molecular formula is C15H16ClF3N2O3S. The van der Waals surface area contributed by atoms with Crippen molar-refractivity contribution in [3.05, 3.63) is 28.8 Å². The third-order valence-electron chi connectivity index (χ3n) is 4.35. The van der Waals surface area contributed by atoms with E-state index in [2.05, 4.69) is 0 Å². The van der Waals surface area contributed by atoms with Gasteiger partial charge in [0.1, 0.15) is 4.90 Å². The molecule has 1 amide bonds. The number of carbonyl (C=O) groups is 1. The summed E-state index contributed by atoms with van der Waals surface area (Å²) < 4.78 is 65.0. The van der Waals surface area contributed by atoms with Gasteiger partial charge in [-0.15, -0.1) is 0 Å². The average Bonchev–Trinajstić information content (AvgIpc) is 3.38. The number of carbonyl (C=O) groups excluding carboxylic acids is 1. The van der Waals surface area contributed by atoms with Crippen molar-refractivity contribution < 1.29 is 26.4 Å². The van der Waals surface area contributed by atoms with E-state index < -0.39 is 26.7 Å². The largest absolute Gasteiger partial charge is 0.416 e. The predicted octanol–water partition coefficient (Wildman–Crippen LogP) is 2.60. The molecule has 0 aromatic heterocycles. The summed E-state index contributed by atoms with van der Waals surface area (Å²) in [5.74, 6) is 0.0650. The van der Waals surface area contributed by atoms with Crippen molar-refractivity contribution >= 4 is 27.5 Å². The van der Waals surface area contributed by atoms with Crippen LogP contribution in [0.15, 0.2) is 23.1 Å². The topological polar surface area (TPSA) is 57.7 Å². The lowest BCUT2D eigenvalue weighted by Gasteiger charge is -2.34. The predicted molar refractivity (Wildman–Crippen MR) is 84.5 cm³/mol. The molecule has 0 bridgehead atoms. The maximum Gasteiger partial charge on any atom is 0.416 e. The zero-order valence-electron chi connectivity index (χ0n) is 13.1. The maximum absolute atomic E-state index is 12.9. The van der Waals surface area contributed by atoms with Crippen LogP contribution in [0.4, 0.5) is 13.2 Å². The van der Waals surface area contributed by atoms with Gasteiger partial charge in [0.2, 0.25) is 15.9 Å². The Hall–Kier alpha value is -1.32. The summed E-state index contributed by atoms with van der Waals surface area (Å²) >= 11 is 5.84. The van der Waals surface area contributed by atoms with Gasteiger partial charge >= 0.3 is 6.18 Å². The standard InChI is InChI=1S/C15H16ClF3N2O3S/c16-12-4-3-11(15(17,18)19)9-13(12)25(23,24)21-7-5-20(6-8-21)14(22)10-1-2-10/h3-4,9-10H,1-2,5-8H2. The summed E-state index contributed by atoms with van der Waals surface area (Å²) in [6.07, 6.45) is -2.95. The van der Waals surface area contributed by atoms with E-state index >= 15 is 0 Å². The highest BCUT2D eigenvalue weighted by atomic mass is 35.5. The molecule has 0 atom stereocenters. The van der Waals surface area contributed by atoms with Gasteiger partial charge in [-0.05, 0) is 31.0 Å². The van der Waals surface area contributed by atoms with Gasteiger partial charge < -0.3 is 4.90 Å². The fourth-order valence-corrected chi connectivity index (χ4v) is 4.68. The SMILES string of the molecule is O=C(C1CC1)N1CCN(S(=O)(=O)c2cc(C(F)(F)F)ccc2Cl)CC1. The number of hydrogen-bond acceptors (Lipinski definition) is 3. The van der Waals surface area contributed by atoms with Crippen LogP contribution >= 0.6 is 11.6 Å². The number of hydrogen-bond donors (Lipinski definition) is 0. The molecule has 10 heteroatoms. The van der Waals surface area contributed by atoms with Gasteiger partial charge in [0.15, 0.2) is 0 Å². The second-order valence-electron chi connectivity index (χ2n) is 6.15. The van der Waals surface area contributed by atoms with Crippen LogP contribution in [-0.2, 0) is 21.0 Å². The first kappa shape index (κ1) is 18.5. The molecule has 1 aromatic carbocycles. The number of nitrogens with zero attached hydrogens (tertiary/aromatic N) is 2. The molecule has 2 aliphatic rings. The fraction of sp³-hybridized carbons (Fsp3) is 0.533. The zero-order chi connectivity index (χ0) is 18.4. The summed E-state index contributed by atoms with van der Waals surface area (Å²) in [4.78, 5) is 13.1. The Morgan fingerprint density at radius 1 is 1.12 bits per heavy atom. The Kier molecular flexibility index (Phi) is 4.76. The van der Waals surface area contributed by atoms with Crippen molar-refractivity contribution in [2.75, 3.05) is 26.2 Å². The van der Waals surface area contributed by atoms with E-state index in [9.17, 15) is 26.4 Å². The molecule has 3 rings (SSSR count).